The molecule has 59 heavy (non-hydrogen) atoms. The number of thiophene rings is 1. The van der Waals surface area contributed by atoms with Crippen LogP contribution in [0.25, 0.3) is 10.1 Å². The molecule has 2 nitrogen and oxygen atoms in total. The van der Waals surface area contributed by atoms with Crippen LogP contribution in [0.15, 0.2) is 97.1 Å². The fourth-order valence-corrected chi connectivity index (χ4v) is 14.3. The molecule has 6 aliphatic rings. The van der Waals surface area contributed by atoms with E-state index in [0.29, 0.717) is 17.4 Å². The molecule has 0 amide bonds. The van der Waals surface area contributed by atoms with E-state index in [1.165, 1.54) is 111 Å². The van der Waals surface area contributed by atoms with E-state index in [9.17, 15) is 0 Å². The lowest BCUT2D eigenvalue weighted by Gasteiger charge is -2.44. The van der Waals surface area contributed by atoms with Crippen molar-refractivity contribution in [2.75, 3.05) is 9.80 Å². The van der Waals surface area contributed by atoms with Crippen LogP contribution in [0.3, 0.4) is 0 Å². The first-order valence-corrected chi connectivity index (χ1v) is 23.6. The van der Waals surface area contributed by atoms with Gasteiger partial charge in [-0.2, -0.15) is 0 Å². The molecule has 0 saturated heterocycles. The van der Waals surface area contributed by atoms with Crippen molar-refractivity contribution in [3.8, 4) is 0 Å². The van der Waals surface area contributed by atoms with Crippen molar-refractivity contribution >= 4 is 78.0 Å². The van der Waals surface area contributed by atoms with Crippen LogP contribution >= 0.6 is 11.3 Å². The van der Waals surface area contributed by atoms with Crippen molar-refractivity contribution in [3.63, 3.8) is 0 Å². The van der Waals surface area contributed by atoms with Gasteiger partial charge in [-0.1, -0.05) is 96.8 Å². The largest absolute Gasteiger partial charge is 0.311 e. The molecule has 4 aliphatic carbocycles. The molecule has 12 rings (SSSR count). The van der Waals surface area contributed by atoms with Gasteiger partial charge < -0.3 is 9.80 Å². The zero-order valence-corrected chi connectivity index (χ0v) is 36.6. The molecule has 6 unspecified atom stereocenters. The summed E-state index contributed by atoms with van der Waals surface area (Å²) in [6, 6.07) is 37.2. The Morgan fingerprint density at radius 1 is 0.593 bits per heavy atom. The predicted octanol–water partition coefficient (Wildman–Crippen LogP) is 13.7. The molecule has 4 bridgehead atoms. The number of hydrogen-bond acceptors (Lipinski definition) is 3. The van der Waals surface area contributed by atoms with E-state index in [1.54, 1.807) is 0 Å². The van der Waals surface area contributed by atoms with Crippen LogP contribution in [0.1, 0.15) is 137 Å². The van der Waals surface area contributed by atoms with Crippen LogP contribution in [0.5, 0.6) is 0 Å². The van der Waals surface area contributed by atoms with E-state index in [0.717, 1.165) is 46.4 Å². The van der Waals surface area contributed by atoms with Gasteiger partial charge in [-0.15, -0.1) is 11.3 Å². The first-order valence-electron chi connectivity index (χ1n) is 24.3. The van der Waals surface area contributed by atoms with Crippen molar-refractivity contribution in [2.24, 2.45) is 23.7 Å². The van der Waals surface area contributed by atoms with Crippen molar-refractivity contribution < 1.29 is 4.11 Å². The summed E-state index contributed by atoms with van der Waals surface area (Å²) in [5.41, 5.74) is 15.0. The molecule has 0 N–H and O–H groups in total. The summed E-state index contributed by atoms with van der Waals surface area (Å²) < 4.78 is 29.6. The molecule has 6 atom stereocenters. The Kier molecular flexibility index (Phi) is 7.30. The van der Waals surface area contributed by atoms with Crippen LogP contribution in [0.2, 0.25) is 0 Å². The number of hydrogen-bond donors (Lipinski definition) is 0. The summed E-state index contributed by atoms with van der Waals surface area (Å²) in [6.07, 6.45) is 10.9. The number of rotatable bonds is 4. The third-order valence-electron chi connectivity index (χ3n) is 16.0. The second kappa shape index (κ2) is 12.9. The SMILES string of the molecule is [2H]C([2H])([2H])c1cc2c3c(c1)N(c1ccc(C(C)(C)C)cc1)c1c(sc4ccc(C(C)(C)C)cc14)B3c1cc(C3CC4CCC3C4)ccc1N2c1ccc(C2CC3CCC2C3)cc1. The van der Waals surface area contributed by atoms with Crippen LogP contribution < -0.4 is 25.5 Å². The van der Waals surface area contributed by atoms with Crippen LogP contribution in [0.4, 0.5) is 34.1 Å². The fraction of sp³-hybridized carbons (Fsp3) is 0.418. The van der Waals surface area contributed by atoms with E-state index in [2.05, 4.69) is 136 Å². The minimum absolute atomic E-state index is 0.00134. The third-order valence-corrected chi connectivity index (χ3v) is 17.3. The fourth-order valence-electron chi connectivity index (χ4n) is 13.0. The smallest absolute Gasteiger partial charge is 0.264 e. The number of benzene rings is 5. The van der Waals surface area contributed by atoms with Crippen molar-refractivity contribution in [2.45, 2.75) is 122 Å². The Hall–Kier alpha value is -4.28. The van der Waals surface area contributed by atoms with Gasteiger partial charge in [0.25, 0.3) is 6.71 Å². The van der Waals surface area contributed by atoms with Gasteiger partial charge in [0, 0.05) is 47.4 Å². The first kappa shape index (κ1) is 33.4. The van der Waals surface area contributed by atoms with E-state index in [1.807, 2.05) is 23.5 Å². The summed E-state index contributed by atoms with van der Waals surface area (Å²) in [4.78, 5) is 4.88. The Bertz CT molecular complexity index is 2770. The summed E-state index contributed by atoms with van der Waals surface area (Å²) in [5, 5.41) is 1.24. The van der Waals surface area contributed by atoms with Crippen molar-refractivity contribution in [1.82, 2.24) is 0 Å². The molecule has 6 aromatic rings. The van der Waals surface area contributed by atoms with E-state index in [-0.39, 0.29) is 17.5 Å². The van der Waals surface area contributed by atoms with E-state index >= 15 is 0 Å². The maximum absolute atomic E-state index is 8.98. The van der Waals surface area contributed by atoms with Gasteiger partial charge in [0.1, 0.15) is 0 Å². The molecule has 0 spiro atoms. The molecule has 4 heteroatoms. The Morgan fingerprint density at radius 3 is 1.80 bits per heavy atom. The average Bonchev–Trinajstić information content (AvgIpc) is 4.11. The highest BCUT2D eigenvalue weighted by molar-refractivity contribution is 7.33. The number of aryl methyl sites for hydroxylation is 1. The van der Waals surface area contributed by atoms with Crippen LogP contribution in [-0.2, 0) is 10.8 Å². The summed E-state index contributed by atoms with van der Waals surface area (Å²) >= 11 is 1.93. The van der Waals surface area contributed by atoms with E-state index in [4.69, 9.17) is 4.11 Å². The lowest BCUT2D eigenvalue weighted by atomic mass is 9.36. The normalized spacial score (nSPS) is 26.2. The summed E-state index contributed by atoms with van der Waals surface area (Å²) in [6.45, 7) is 11.4. The van der Waals surface area contributed by atoms with Crippen LogP contribution in [-0.4, -0.2) is 6.71 Å². The monoisotopic (exact) mass is 793 g/mol. The Morgan fingerprint density at radius 2 is 1.19 bits per heavy atom. The standard InChI is InChI=1S/C55H59BN2S/c1-32-24-48-51-49(25-32)58(42-20-15-39(16-21-42)54(2,3)4)52-45-31-40(55(5,6)7)17-23-50(45)59-53(52)56(51)46-30-38(44-29-34-9-11-37(44)27-34)14-22-47(46)57(48)41-18-12-35(13-19-41)43-28-33-8-10-36(43)26-33/h12-25,30-31,33-34,36-37,43-44H,8-11,26-29H2,1-7H3/i1D3. The molecule has 3 heterocycles. The van der Waals surface area contributed by atoms with Gasteiger partial charge in [0.15, 0.2) is 0 Å². The number of anilines is 6. The van der Waals surface area contributed by atoms with Gasteiger partial charge in [0.2, 0.25) is 0 Å². The minimum atomic E-state index is -2.30. The van der Waals surface area contributed by atoms with Crippen molar-refractivity contribution in [1.29, 1.82) is 0 Å². The molecular formula is C55H59BN2S. The van der Waals surface area contributed by atoms with Gasteiger partial charge in [-0.05, 0) is 185 Å². The van der Waals surface area contributed by atoms with Gasteiger partial charge >= 0.3 is 0 Å². The second-order valence-corrected chi connectivity index (χ2v) is 22.7. The van der Waals surface area contributed by atoms with E-state index < -0.39 is 6.85 Å². The van der Waals surface area contributed by atoms with Gasteiger partial charge in [-0.25, -0.2) is 0 Å². The Balaban J connectivity index is 1.13. The quantitative estimate of drug-likeness (QED) is 0.164. The lowest BCUT2D eigenvalue weighted by molar-refractivity contribution is 0.420. The number of nitrogens with zero attached hydrogens (tertiary/aromatic N) is 2. The average molecular weight is 794 g/mol. The van der Waals surface area contributed by atoms with Gasteiger partial charge in [-0.3, -0.25) is 0 Å². The number of fused-ring (bicyclic) bond motifs is 10. The highest BCUT2D eigenvalue weighted by atomic mass is 32.1. The van der Waals surface area contributed by atoms with Gasteiger partial charge in [0.05, 0.1) is 5.69 Å². The molecule has 4 fully saturated rings. The molecule has 298 valence electrons. The molecular weight excluding hydrogens is 731 g/mol. The molecule has 4 saturated carbocycles. The Labute approximate surface area is 361 Å². The molecule has 2 aliphatic heterocycles. The maximum Gasteiger partial charge on any atom is 0.264 e. The minimum Gasteiger partial charge on any atom is -0.311 e. The zero-order chi connectivity index (χ0) is 42.6. The molecule has 5 aromatic carbocycles. The molecule has 0 radical (unpaired) electrons. The highest BCUT2D eigenvalue weighted by Gasteiger charge is 2.47. The zero-order valence-electron chi connectivity index (χ0n) is 38.7. The highest BCUT2D eigenvalue weighted by Crippen LogP contribution is 2.55. The predicted molar refractivity (Wildman–Crippen MR) is 254 cm³/mol. The topological polar surface area (TPSA) is 6.48 Å². The van der Waals surface area contributed by atoms with Crippen molar-refractivity contribution in [3.05, 3.63) is 125 Å². The summed E-state index contributed by atoms with van der Waals surface area (Å²) in [5.74, 6) is 4.59. The maximum atomic E-state index is 8.98. The lowest BCUT2D eigenvalue weighted by Crippen LogP contribution is -2.60. The third kappa shape index (κ3) is 5.63. The van der Waals surface area contributed by atoms with Crippen LogP contribution in [0, 0.1) is 30.5 Å². The second-order valence-electron chi connectivity index (χ2n) is 21.6. The first-order chi connectivity index (χ1) is 29.6. The summed E-state index contributed by atoms with van der Waals surface area (Å²) in [7, 11) is 0. The molecule has 1 aromatic heterocycles.